The van der Waals surface area contributed by atoms with Crippen LogP contribution in [-0.4, -0.2) is 21.6 Å². The van der Waals surface area contributed by atoms with Gasteiger partial charge in [-0.05, 0) is 30.7 Å². The molecule has 0 radical (unpaired) electrons. The zero-order valence-electron chi connectivity index (χ0n) is 15.3. The number of amides is 1. The first-order chi connectivity index (χ1) is 14.1. The highest BCUT2D eigenvalue weighted by atomic mass is 19.4. The molecule has 152 valence electrons. The second-order valence-corrected chi connectivity index (χ2v) is 6.13. The fourth-order valence-electron chi connectivity index (χ4n) is 2.80. The molecule has 3 aromatic rings. The van der Waals surface area contributed by atoms with Gasteiger partial charge in [0.25, 0.3) is 5.91 Å². The number of pyridine rings is 1. The van der Waals surface area contributed by atoms with Crippen LogP contribution in [0.4, 0.5) is 24.5 Å². The van der Waals surface area contributed by atoms with Gasteiger partial charge < -0.3 is 15.5 Å². The summed E-state index contributed by atoms with van der Waals surface area (Å²) in [5.74, 6) is -0.769. The van der Waals surface area contributed by atoms with Crippen LogP contribution < -0.4 is 11.1 Å². The first kappa shape index (κ1) is 20.5. The zero-order chi connectivity index (χ0) is 22.1. The number of hydrogen-bond donors (Lipinski definition) is 3. The average molecular weight is 414 g/mol. The summed E-state index contributed by atoms with van der Waals surface area (Å²) in [6, 6.07) is 5.66. The first-order valence-electron chi connectivity index (χ1n) is 8.29. The number of alkyl halides is 3. The van der Waals surface area contributed by atoms with Crippen molar-refractivity contribution in [1.82, 2.24) is 9.97 Å². The van der Waals surface area contributed by atoms with Gasteiger partial charge in [0.1, 0.15) is 17.5 Å². The van der Waals surface area contributed by atoms with Gasteiger partial charge in [0.2, 0.25) is 0 Å². The normalized spacial score (nSPS) is 11.0. The Morgan fingerprint density at radius 1 is 1.33 bits per heavy atom. The van der Waals surface area contributed by atoms with Crippen LogP contribution in [0.5, 0.6) is 0 Å². The third-order valence-corrected chi connectivity index (χ3v) is 4.20. The number of nitrogens with two attached hydrogens (primary N) is 1. The Morgan fingerprint density at radius 3 is 2.67 bits per heavy atom. The van der Waals surface area contributed by atoms with Crippen LogP contribution in [-0.2, 0) is 6.18 Å². The molecular weight excluding hydrogens is 401 g/mol. The molecular formula is C19H13F3N6O2. The quantitative estimate of drug-likeness (QED) is 0.440. The van der Waals surface area contributed by atoms with Gasteiger partial charge in [0.15, 0.2) is 12.2 Å². The number of nitrogen functional groups attached to an aromatic ring is 1. The van der Waals surface area contributed by atoms with E-state index >= 15 is 0 Å². The number of nitrogens with one attached hydrogen (secondary N) is 2. The molecule has 0 unspecified atom stereocenters. The smallest absolute Gasteiger partial charge is 0.418 e. The molecule has 8 nitrogen and oxygen atoms in total. The van der Waals surface area contributed by atoms with Gasteiger partial charge in [-0.15, -0.1) is 0 Å². The number of rotatable bonds is 4. The molecule has 30 heavy (non-hydrogen) atoms. The highest BCUT2D eigenvalue weighted by Gasteiger charge is 2.37. The average Bonchev–Trinajstić information content (AvgIpc) is 3.22. The van der Waals surface area contributed by atoms with Gasteiger partial charge in [-0.1, -0.05) is 0 Å². The zero-order valence-corrected chi connectivity index (χ0v) is 15.3. The molecule has 11 heteroatoms. The van der Waals surface area contributed by atoms with Crippen molar-refractivity contribution >= 4 is 23.0 Å². The molecule has 3 rings (SSSR count). The minimum atomic E-state index is -4.83. The van der Waals surface area contributed by atoms with Crippen molar-refractivity contribution < 1.29 is 22.4 Å². The lowest BCUT2D eigenvalue weighted by Gasteiger charge is -2.15. The van der Waals surface area contributed by atoms with E-state index in [-0.39, 0.29) is 28.4 Å². The van der Waals surface area contributed by atoms with E-state index in [0.717, 1.165) is 13.3 Å². The summed E-state index contributed by atoms with van der Waals surface area (Å²) in [6.07, 6.45) is -1.66. The predicted octanol–water partition coefficient (Wildman–Crippen LogP) is 3.52. The summed E-state index contributed by atoms with van der Waals surface area (Å²) in [4.78, 5) is 20.0. The maximum atomic E-state index is 13.3. The fourth-order valence-corrected chi connectivity index (χ4v) is 2.80. The van der Waals surface area contributed by atoms with Gasteiger partial charge in [0, 0.05) is 23.1 Å². The van der Waals surface area contributed by atoms with Crippen LogP contribution in [0.25, 0.3) is 0 Å². The highest BCUT2D eigenvalue weighted by molar-refractivity contribution is 6.13. The minimum Gasteiger partial charge on any atom is -0.442 e. The third kappa shape index (κ3) is 3.83. The molecule has 1 amide bonds. The van der Waals surface area contributed by atoms with E-state index in [9.17, 15) is 18.0 Å². The molecule has 0 bridgehead atoms. The lowest BCUT2D eigenvalue weighted by molar-refractivity contribution is -0.138. The first-order valence-corrected chi connectivity index (χ1v) is 8.29. The Balaban J connectivity index is 1.95. The number of aromatic nitrogens is 2. The predicted molar refractivity (Wildman–Crippen MR) is 99.9 cm³/mol. The Labute approximate surface area is 167 Å². The Hall–Kier alpha value is -4.20. The standard InChI is InChI=1S/C19H13F3N6O2/c1-9-15(19(20,21)22)10(5-23)6-27-17(9)18(29)28-11-2-3-13(24)12(4-11)16(25)14-7-26-8-30-14/h2-4,6-8,25H,24H2,1H3,(H,28,29). The lowest BCUT2D eigenvalue weighted by Crippen LogP contribution is -2.20. The van der Waals surface area contributed by atoms with E-state index in [4.69, 9.17) is 20.8 Å². The fraction of sp³-hybridized carbons (Fsp3) is 0.105. The minimum absolute atomic E-state index is 0.0897. The van der Waals surface area contributed by atoms with Crippen molar-refractivity contribution in [2.75, 3.05) is 11.1 Å². The van der Waals surface area contributed by atoms with E-state index in [2.05, 4.69) is 15.3 Å². The van der Waals surface area contributed by atoms with Gasteiger partial charge in [-0.3, -0.25) is 10.2 Å². The van der Waals surface area contributed by atoms with E-state index in [1.807, 2.05) is 0 Å². The van der Waals surface area contributed by atoms with Crippen molar-refractivity contribution in [3.8, 4) is 6.07 Å². The number of benzene rings is 1. The Morgan fingerprint density at radius 2 is 2.07 bits per heavy atom. The van der Waals surface area contributed by atoms with E-state index in [1.165, 1.54) is 30.5 Å². The molecule has 0 aliphatic carbocycles. The number of carbonyl (C=O) groups is 1. The summed E-state index contributed by atoms with van der Waals surface area (Å²) >= 11 is 0. The van der Waals surface area contributed by atoms with Crippen molar-refractivity contribution in [2.24, 2.45) is 0 Å². The molecule has 0 saturated heterocycles. The molecule has 0 atom stereocenters. The summed E-state index contributed by atoms with van der Waals surface area (Å²) in [7, 11) is 0. The number of anilines is 2. The Kier molecular flexibility index (Phi) is 5.25. The molecule has 0 spiro atoms. The van der Waals surface area contributed by atoms with Crippen LogP contribution in [0, 0.1) is 23.7 Å². The van der Waals surface area contributed by atoms with Crippen LogP contribution in [0.2, 0.25) is 0 Å². The largest absolute Gasteiger partial charge is 0.442 e. The molecule has 4 N–H and O–H groups in total. The molecule has 0 saturated carbocycles. The van der Waals surface area contributed by atoms with E-state index in [0.29, 0.717) is 6.20 Å². The van der Waals surface area contributed by atoms with Gasteiger partial charge >= 0.3 is 6.18 Å². The summed E-state index contributed by atoms with van der Waals surface area (Å²) in [5.41, 5.74) is 3.58. The second kappa shape index (κ2) is 7.67. The van der Waals surface area contributed by atoms with Crippen molar-refractivity contribution in [2.45, 2.75) is 13.1 Å². The summed E-state index contributed by atoms with van der Waals surface area (Å²) in [5, 5.41) is 19.5. The van der Waals surface area contributed by atoms with Gasteiger partial charge in [-0.25, -0.2) is 9.97 Å². The van der Waals surface area contributed by atoms with Crippen molar-refractivity contribution in [3.63, 3.8) is 0 Å². The number of nitrogens with zero attached hydrogens (tertiary/aromatic N) is 3. The van der Waals surface area contributed by atoms with Crippen molar-refractivity contribution in [3.05, 3.63) is 70.7 Å². The molecule has 0 aliphatic heterocycles. The number of nitriles is 1. The van der Waals surface area contributed by atoms with E-state index < -0.39 is 34.5 Å². The molecule has 2 aromatic heterocycles. The third-order valence-electron chi connectivity index (χ3n) is 4.20. The maximum Gasteiger partial charge on any atom is 0.418 e. The Bertz CT molecular complexity index is 1180. The van der Waals surface area contributed by atoms with Crippen molar-refractivity contribution in [1.29, 1.82) is 10.7 Å². The van der Waals surface area contributed by atoms with Crippen LogP contribution in [0.1, 0.15) is 38.5 Å². The topological polar surface area (TPSA) is 142 Å². The number of hydrogen-bond acceptors (Lipinski definition) is 7. The van der Waals surface area contributed by atoms with Gasteiger partial charge in [-0.2, -0.15) is 18.4 Å². The number of halogens is 3. The molecule has 2 heterocycles. The SMILES string of the molecule is Cc1c(C(=O)Nc2ccc(N)c(C(=N)c3cnco3)c2)ncc(C#N)c1C(F)(F)F. The maximum absolute atomic E-state index is 13.3. The van der Waals surface area contributed by atoms with Crippen LogP contribution in [0.15, 0.2) is 41.4 Å². The monoisotopic (exact) mass is 414 g/mol. The molecule has 1 aromatic carbocycles. The second-order valence-electron chi connectivity index (χ2n) is 6.13. The highest BCUT2D eigenvalue weighted by Crippen LogP contribution is 2.35. The lowest BCUT2D eigenvalue weighted by atomic mass is 10.0. The van der Waals surface area contributed by atoms with Gasteiger partial charge in [0.05, 0.1) is 17.3 Å². The molecule has 0 fully saturated rings. The number of carbonyl (C=O) groups excluding carboxylic acids is 1. The summed E-state index contributed by atoms with van der Waals surface area (Å²) in [6.45, 7) is 1.07. The van der Waals surface area contributed by atoms with Crippen LogP contribution in [0.3, 0.4) is 0 Å². The molecule has 0 aliphatic rings. The van der Waals surface area contributed by atoms with E-state index in [1.54, 1.807) is 0 Å². The summed E-state index contributed by atoms with van der Waals surface area (Å²) < 4.78 is 45.0. The van der Waals surface area contributed by atoms with Crippen LogP contribution >= 0.6 is 0 Å². The number of oxazole rings is 1.